The molecule has 0 saturated carbocycles. The number of anilines is 1. The molecule has 1 saturated heterocycles. The van der Waals surface area contributed by atoms with E-state index in [2.05, 4.69) is 5.32 Å². The lowest BCUT2D eigenvalue weighted by Gasteiger charge is -2.21. The summed E-state index contributed by atoms with van der Waals surface area (Å²) < 4.78 is 29.5. The van der Waals surface area contributed by atoms with Gasteiger partial charge in [0.05, 0.1) is 18.4 Å². The van der Waals surface area contributed by atoms with E-state index in [0.29, 0.717) is 37.2 Å². The number of carbonyl (C=O) groups is 2. The van der Waals surface area contributed by atoms with Gasteiger partial charge in [0, 0.05) is 12.2 Å². The number of nitrogens with zero attached hydrogens (tertiary/aromatic N) is 1. The average molecular weight is 340 g/mol. The van der Waals surface area contributed by atoms with Crippen LogP contribution in [0, 0.1) is 0 Å². The number of rotatable bonds is 5. The van der Waals surface area contributed by atoms with Crippen molar-refractivity contribution in [2.24, 2.45) is 0 Å². The van der Waals surface area contributed by atoms with Crippen molar-refractivity contribution in [2.45, 2.75) is 25.8 Å². The van der Waals surface area contributed by atoms with Crippen molar-refractivity contribution < 1.29 is 22.7 Å². The molecule has 8 heteroatoms. The Labute approximate surface area is 135 Å². The third-order valence-corrected chi connectivity index (χ3v) is 4.88. The first-order valence-electron chi connectivity index (χ1n) is 7.38. The molecule has 0 aliphatic carbocycles. The van der Waals surface area contributed by atoms with Gasteiger partial charge >= 0.3 is 5.97 Å². The molecular weight excluding hydrogens is 320 g/mol. The predicted octanol–water partition coefficient (Wildman–Crippen LogP) is 1.23. The van der Waals surface area contributed by atoms with E-state index in [1.54, 1.807) is 31.2 Å². The topological polar surface area (TPSA) is 92.8 Å². The lowest BCUT2D eigenvalue weighted by atomic mass is 10.2. The van der Waals surface area contributed by atoms with Crippen LogP contribution < -0.4 is 5.32 Å². The van der Waals surface area contributed by atoms with Crippen molar-refractivity contribution in [3.8, 4) is 0 Å². The molecule has 2 rings (SSSR count). The summed E-state index contributed by atoms with van der Waals surface area (Å²) in [4.78, 5) is 23.8. The fourth-order valence-electron chi connectivity index (χ4n) is 2.53. The normalized spacial score (nSPS) is 18.6. The smallest absolute Gasteiger partial charge is 0.338 e. The zero-order chi connectivity index (χ0) is 17.0. The lowest BCUT2D eigenvalue weighted by Crippen LogP contribution is -2.42. The van der Waals surface area contributed by atoms with Crippen LogP contribution in [-0.4, -0.2) is 50.0 Å². The molecule has 0 unspecified atom stereocenters. The number of carbonyl (C=O) groups excluding carboxylic acids is 2. The molecule has 1 N–H and O–H groups in total. The Morgan fingerprint density at radius 3 is 2.52 bits per heavy atom. The second-order valence-electron chi connectivity index (χ2n) is 5.32. The maximum Gasteiger partial charge on any atom is 0.338 e. The zero-order valence-electron chi connectivity index (χ0n) is 13.1. The molecule has 7 nitrogen and oxygen atoms in total. The van der Waals surface area contributed by atoms with Gasteiger partial charge in [-0.2, -0.15) is 4.31 Å². The van der Waals surface area contributed by atoms with Gasteiger partial charge in [-0.05, 0) is 44.0 Å². The highest BCUT2D eigenvalue weighted by Crippen LogP contribution is 2.22. The fraction of sp³-hybridized carbons (Fsp3) is 0.467. The molecule has 0 radical (unpaired) electrons. The monoisotopic (exact) mass is 340 g/mol. The number of ether oxygens (including phenoxy) is 1. The summed E-state index contributed by atoms with van der Waals surface area (Å²) >= 11 is 0. The molecule has 23 heavy (non-hydrogen) atoms. The van der Waals surface area contributed by atoms with Crippen LogP contribution in [0.5, 0.6) is 0 Å². The molecule has 1 fully saturated rings. The quantitative estimate of drug-likeness (QED) is 0.814. The number of sulfonamides is 1. The second-order valence-corrected chi connectivity index (χ2v) is 7.25. The van der Waals surface area contributed by atoms with Crippen molar-refractivity contribution in [1.29, 1.82) is 0 Å². The molecule has 126 valence electrons. The third kappa shape index (κ3) is 4.29. The van der Waals surface area contributed by atoms with Crippen molar-refractivity contribution in [3.05, 3.63) is 29.8 Å². The standard InChI is InChI=1S/C15H20N2O5S/c1-3-22-15(19)11-6-8-12(9-7-11)16-14(18)13-5-4-10-17(13)23(2,20)21/h6-9,13H,3-5,10H2,1-2H3,(H,16,18)/t13-/m0/s1. The molecule has 1 aliphatic rings. The summed E-state index contributed by atoms with van der Waals surface area (Å²) in [5.41, 5.74) is 0.895. The van der Waals surface area contributed by atoms with Crippen molar-refractivity contribution in [3.63, 3.8) is 0 Å². The second kappa shape index (κ2) is 7.10. The summed E-state index contributed by atoms with van der Waals surface area (Å²) in [6.45, 7) is 2.38. The van der Waals surface area contributed by atoms with E-state index in [-0.39, 0.29) is 5.91 Å². The molecule has 0 bridgehead atoms. The largest absolute Gasteiger partial charge is 0.462 e. The number of nitrogens with one attached hydrogen (secondary N) is 1. The van der Waals surface area contributed by atoms with Crippen molar-refractivity contribution in [1.82, 2.24) is 4.31 Å². The van der Waals surface area contributed by atoms with E-state index in [9.17, 15) is 18.0 Å². The van der Waals surface area contributed by atoms with E-state index in [1.165, 1.54) is 4.31 Å². The van der Waals surface area contributed by atoms with Gasteiger partial charge in [0.25, 0.3) is 0 Å². The van der Waals surface area contributed by atoms with E-state index < -0.39 is 22.0 Å². The minimum Gasteiger partial charge on any atom is -0.462 e. The molecule has 1 heterocycles. The predicted molar refractivity (Wildman–Crippen MR) is 85.6 cm³/mol. The average Bonchev–Trinajstić information content (AvgIpc) is 2.98. The molecule has 1 atom stereocenters. The molecule has 0 aromatic heterocycles. The summed E-state index contributed by atoms with van der Waals surface area (Å²) in [7, 11) is -3.40. The van der Waals surface area contributed by atoms with Gasteiger partial charge in [-0.3, -0.25) is 4.79 Å². The minimum absolute atomic E-state index is 0.292. The van der Waals surface area contributed by atoms with Crippen LogP contribution in [0.4, 0.5) is 5.69 Å². The number of hydrogen-bond donors (Lipinski definition) is 1. The molecule has 1 amide bonds. The Kier molecular flexibility index (Phi) is 5.38. The Balaban J connectivity index is 2.04. The SMILES string of the molecule is CCOC(=O)c1ccc(NC(=O)[C@@H]2CCCN2S(C)(=O)=O)cc1. The molecular formula is C15H20N2O5S. The van der Waals surface area contributed by atoms with E-state index in [0.717, 1.165) is 6.26 Å². The highest BCUT2D eigenvalue weighted by atomic mass is 32.2. The number of benzene rings is 1. The molecule has 1 aromatic rings. The van der Waals surface area contributed by atoms with Crippen LogP contribution in [0.15, 0.2) is 24.3 Å². The van der Waals surface area contributed by atoms with Crippen LogP contribution in [0.2, 0.25) is 0 Å². The van der Waals surface area contributed by atoms with Gasteiger partial charge in [-0.15, -0.1) is 0 Å². The van der Waals surface area contributed by atoms with Crippen LogP contribution >= 0.6 is 0 Å². The highest BCUT2D eigenvalue weighted by molar-refractivity contribution is 7.88. The number of esters is 1. The Bertz CT molecular complexity index is 684. The first-order chi connectivity index (χ1) is 10.8. The van der Waals surface area contributed by atoms with Gasteiger partial charge < -0.3 is 10.1 Å². The van der Waals surface area contributed by atoms with E-state index >= 15 is 0 Å². The van der Waals surface area contributed by atoms with Gasteiger partial charge in [0.2, 0.25) is 15.9 Å². The van der Waals surface area contributed by atoms with Crippen molar-refractivity contribution in [2.75, 3.05) is 24.7 Å². The number of hydrogen-bond acceptors (Lipinski definition) is 5. The molecule has 0 spiro atoms. The lowest BCUT2D eigenvalue weighted by molar-refractivity contribution is -0.119. The van der Waals surface area contributed by atoms with Gasteiger partial charge in [0.15, 0.2) is 0 Å². The first kappa shape index (κ1) is 17.4. The summed E-state index contributed by atoms with van der Waals surface area (Å²) in [6, 6.07) is 5.59. The molecule has 1 aliphatic heterocycles. The van der Waals surface area contributed by atoms with Crippen LogP contribution in [0.1, 0.15) is 30.1 Å². The maximum absolute atomic E-state index is 12.3. The highest BCUT2D eigenvalue weighted by Gasteiger charge is 2.36. The Hall–Kier alpha value is -1.93. The summed E-state index contributed by atoms with van der Waals surface area (Å²) in [5, 5.41) is 2.69. The third-order valence-electron chi connectivity index (χ3n) is 3.60. The Morgan fingerprint density at radius 2 is 1.96 bits per heavy atom. The fourth-order valence-corrected chi connectivity index (χ4v) is 3.65. The van der Waals surface area contributed by atoms with Crippen LogP contribution in [0.3, 0.4) is 0 Å². The van der Waals surface area contributed by atoms with Gasteiger partial charge in [0.1, 0.15) is 6.04 Å². The van der Waals surface area contributed by atoms with Gasteiger partial charge in [-0.25, -0.2) is 13.2 Å². The van der Waals surface area contributed by atoms with Gasteiger partial charge in [-0.1, -0.05) is 0 Å². The summed E-state index contributed by atoms with van der Waals surface area (Å²) in [5.74, 6) is -0.791. The first-order valence-corrected chi connectivity index (χ1v) is 9.22. The number of amides is 1. The van der Waals surface area contributed by atoms with Crippen LogP contribution in [-0.2, 0) is 19.6 Å². The van der Waals surface area contributed by atoms with E-state index in [1.807, 2.05) is 0 Å². The van der Waals surface area contributed by atoms with Crippen molar-refractivity contribution >= 4 is 27.6 Å². The summed E-state index contributed by atoms with van der Waals surface area (Å²) in [6.07, 6.45) is 2.26. The van der Waals surface area contributed by atoms with Crippen LogP contribution in [0.25, 0.3) is 0 Å². The zero-order valence-corrected chi connectivity index (χ0v) is 13.9. The Morgan fingerprint density at radius 1 is 1.30 bits per heavy atom. The maximum atomic E-state index is 12.3. The minimum atomic E-state index is -3.40. The van der Waals surface area contributed by atoms with E-state index in [4.69, 9.17) is 4.74 Å². The molecule has 1 aromatic carbocycles.